The van der Waals surface area contributed by atoms with Gasteiger partial charge in [0, 0.05) is 12.6 Å². The van der Waals surface area contributed by atoms with Gasteiger partial charge in [0.1, 0.15) is 11.4 Å². The molecule has 2 unspecified atom stereocenters. The number of hydrogen-bond donors (Lipinski definition) is 0. The Bertz CT molecular complexity index is 687. The van der Waals surface area contributed by atoms with Crippen LogP contribution in [0.5, 0.6) is 0 Å². The summed E-state index contributed by atoms with van der Waals surface area (Å²) in [6.45, 7) is 0. The first-order valence-electron chi connectivity index (χ1n) is 6.01. The van der Waals surface area contributed by atoms with Crippen LogP contribution in [0.2, 0.25) is 0 Å². The zero-order chi connectivity index (χ0) is 15.1. The Kier molecular flexibility index (Phi) is 3.17. The maximum atomic E-state index is 12.2. The molecule has 1 saturated heterocycles. The van der Waals surface area contributed by atoms with Gasteiger partial charge >= 0.3 is 5.97 Å². The number of benzene rings is 1. The highest BCUT2D eigenvalue weighted by Gasteiger charge is 2.45. The molecule has 2 aliphatic heterocycles. The van der Waals surface area contributed by atoms with Crippen LogP contribution in [0, 0.1) is 16.3 Å². The Morgan fingerprint density at radius 2 is 2.10 bits per heavy atom. The fraction of sp³-hybridized carbons (Fsp3) is 0.231. The van der Waals surface area contributed by atoms with E-state index in [1.807, 2.05) is 6.20 Å². The van der Waals surface area contributed by atoms with Gasteiger partial charge in [-0.05, 0) is 11.1 Å². The van der Waals surface area contributed by atoms with Gasteiger partial charge in [0.15, 0.2) is 0 Å². The summed E-state index contributed by atoms with van der Waals surface area (Å²) in [5.41, 5.74) is 1.05. The van der Waals surface area contributed by atoms with E-state index in [1.54, 1.807) is 24.3 Å². The van der Waals surface area contributed by atoms with Crippen LogP contribution in [-0.2, 0) is 9.53 Å². The molecule has 2 heterocycles. The number of fused-ring (bicyclic) bond motifs is 1. The molecule has 1 amide bonds. The van der Waals surface area contributed by atoms with E-state index < -0.39 is 22.2 Å². The highest BCUT2D eigenvalue weighted by molar-refractivity contribution is 8.04. The quantitative estimate of drug-likeness (QED) is 0.269. The molecule has 0 N–H and O–H groups in total. The topological polar surface area (TPSA) is 89.8 Å². The second kappa shape index (κ2) is 4.88. The van der Waals surface area contributed by atoms with E-state index in [4.69, 9.17) is 4.74 Å². The molecule has 0 aliphatic carbocycles. The third-order valence-electron chi connectivity index (χ3n) is 3.30. The Balaban J connectivity index is 1.95. The predicted molar refractivity (Wildman–Crippen MR) is 72.5 cm³/mol. The number of cyclic esters (lactones) is 1. The molecule has 0 spiro atoms. The van der Waals surface area contributed by atoms with Crippen LogP contribution in [0.3, 0.4) is 0 Å². The number of carbonyl (C=O) groups is 2. The summed E-state index contributed by atoms with van der Waals surface area (Å²) in [7, 11) is 1.43. The first-order valence-corrected chi connectivity index (χ1v) is 6.89. The van der Waals surface area contributed by atoms with Crippen LogP contribution in [0.25, 0.3) is 0 Å². The van der Waals surface area contributed by atoms with Gasteiger partial charge in [-0.1, -0.05) is 24.4 Å². The van der Waals surface area contributed by atoms with E-state index in [0.29, 0.717) is 11.1 Å². The van der Waals surface area contributed by atoms with Crippen molar-refractivity contribution in [2.75, 3.05) is 7.05 Å². The van der Waals surface area contributed by atoms with E-state index in [2.05, 4.69) is 0 Å². The maximum absolute atomic E-state index is 12.2. The summed E-state index contributed by atoms with van der Waals surface area (Å²) in [6.07, 6.45) is 1.24. The molecule has 0 radical (unpaired) electrons. The first kappa shape index (κ1) is 13.6. The van der Waals surface area contributed by atoms with Crippen LogP contribution in [0.15, 0.2) is 29.3 Å². The Morgan fingerprint density at radius 3 is 2.81 bits per heavy atom. The highest BCUT2D eigenvalue weighted by atomic mass is 32.2. The lowest BCUT2D eigenvalue weighted by Gasteiger charge is -2.16. The molecular weight excluding hydrogens is 296 g/mol. The second-order valence-corrected chi connectivity index (χ2v) is 5.65. The smallest absolute Gasteiger partial charge is 0.339 e. The molecule has 7 nitrogen and oxygen atoms in total. The van der Waals surface area contributed by atoms with Gasteiger partial charge in [0.25, 0.3) is 0 Å². The zero-order valence-corrected chi connectivity index (χ0v) is 11.6. The number of rotatable bonds is 2. The fourth-order valence-electron chi connectivity index (χ4n) is 2.31. The van der Waals surface area contributed by atoms with E-state index in [9.17, 15) is 19.7 Å². The van der Waals surface area contributed by atoms with Crippen molar-refractivity contribution in [1.82, 2.24) is 4.90 Å². The minimum atomic E-state index is -0.736. The average Bonchev–Trinajstić information content (AvgIpc) is 2.91. The van der Waals surface area contributed by atoms with Crippen molar-refractivity contribution in [2.24, 2.45) is 0 Å². The number of esters is 1. The summed E-state index contributed by atoms with van der Waals surface area (Å²) >= 11 is 0.981. The minimum absolute atomic E-state index is 0.107. The molecule has 1 aromatic rings. The zero-order valence-electron chi connectivity index (χ0n) is 10.8. The van der Waals surface area contributed by atoms with Crippen molar-refractivity contribution in [1.29, 1.82) is 0 Å². The molecule has 108 valence electrons. The van der Waals surface area contributed by atoms with Gasteiger partial charge in [-0.25, -0.2) is 4.79 Å². The summed E-state index contributed by atoms with van der Waals surface area (Å²) in [5.74, 6) is -0.832. The van der Waals surface area contributed by atoms with Gasteiger partial charge in [-0.3, -0.25) is 14.9 Å². The van der Waals surface area contributed by atoms with Crippen molar-refractivity contribution >= 4 is 23.6 Å². The van der Waals surface area contributed by atoms with Crippen molar-refractivity contribution in [3.8, 4) is 0 Å². The largest absolute Gasteiger partial charge is 0.452 e. The third kappa shape index (κ3) is 2.17. The minimum Gasteiger partial charge on any atom is -0.452 e. The molecule has 1 aromatic carbocycles. The molecule has 0 bridgehead atoms. The standard InChI is InChI=1S/C13H9N2O5S/c1-14-9(6-15(18)19)21-11(12(14)16)10-7-4-2-3-5-8(7)13(17)20-10/h2-5,10-11H,1H3/q-1. The van der Waals surface area contributed by atoms with Gasteiger partial charge in [0.2, 0.25) is 5.91 Å². The molecule has 2 aliphatic rings. The van der Waals surface area contributed by atoms with Crippen LogP contribution in [0.1, 0.15) is 22.0 Å². The summed E-state index contributed by atoms with van der Waals surface area (Å²) in [6, 6.07) is 6.81. The summed E-state index contributed by atoms with van der Waals surface area (Å²) in [4.78, 5) is 35.0. The molecule has 1 fully saturated rings. The van der Waals surface area contributed by atoms with E-state index in [1.165, 1.54) is 7.05 Å². The molecule has 21 heavy (non-hydrogen) atoms. The summed E-state index contributed by atoms with van der Waals surface area (Å²) in [5, 5.41) is 9.90. The van der Waals surface area contributed by atoms with Crippen LogP contribution in [0.4, 0.5) is 0 Å². The number of nitro groups is 1. The molecule has 0 saturated carbocycles. The van der Waals surface area contributed by atoms with Gasteiger partial charge < -0.3 is 9.64 Å². The maximum Gasteiger partial charge on any atom is 0.339 e. The lowest BCUT2D eigenvalue weighted by atomic mass is 10.0. The van der Waals surface area contributed by atoms with Crippen LogP contribution < -0.4 is 0 Å². The monoisotopic (exact) mass is 305 g/mol. The number of amides is 1. The Hall–Kier alpha value is -2.35. The van der Waals surface area contributed by atoms with Gasteiger partial charge in [-0.2, -0.15) is 0 Å². The lowest BCUT2D eigenvalue weighted by Crippen LogP contribution is -2.29. The SMILES string of the molecule is CN1C(=O)C(C2OC(=O)c3ccccc32)SC1=[C-][N+](=O)[O-]. The third-order valence-corrected chi connectivity index (χ3v) is 4.59. The Labute approximate surface area is 123 Å². The molecule has 0 aromatic heterocycles. The predicted octanol–water partition coefficient (Wildman–Crippen LogP) is 1.35. The second-order valence-electron chi connectivity index (χ2n) is 4.52. The highest BCUT2D eigenvalue weighted by Crippen LogP contribution is 2.45. The van der Waals surface area contributed by atoms with E-state index >= 15 is 0 Å². The molecule has 2 atom stereocenters. The number of nitrogens with zero attached hydrogens (tertiary/aromatic N) is 2. The van der Waals surface area contributed by atoms with E-state index in [0.717, 1.165) is 16.7 Å². The van der Waals surface area contributed by atoms with E-state index in [-0.39, 0.29) is 10.9 Å². The number of hydrogen-bond acceptors (Lipinski definition) is 6. The first-order chi connectivity index (χ1) is 9.99. The lowest BCUT2D eigenvalue weighted by molar-refractivity contribution is -0.420. The molecule has 3 rings (SSSR count). The van der Waals surface area contributed by atoms with Crippen molar-refractivity contribution in [3.05, 3.63) is 56.7 Å². The number of thioether (sulfide) groups is 1. The van der Waals surface area contributed by atoms with Crippen molar-refractivity contribution in [2.45, 2.75) is 11.4 Å². The molecular formula is C13H9N2O5S-. The van der Waals surface area contributed by atoms with Crippen LogP contribution >= 0.6 is 11.8 Å². The van der Waals surface area contributed by atoms with Crippen LogP contribution in [-0.4, -0.2) is 34.0 Å². The number of carbonyl (C=O) groups excluding carboxylic acids is 2. The normalized spacial score (nSPS) is 26.1. The Morgan fingerprint density at radius 1 is 1.38 bits per heavy atom. The van der Waals surface area contributed by atoms with Crippen molar-refractivity contribution < 1.29 is 19.2 Å². The summed E-state index contributed by atoms with van der Waals surface area (Å²) < 4.78 is 5.27. The average molecular weight is 305 g/mol. The fourth-order valence-corrected chi connectivity index (χ4v) is 3.51. The van der Waals surface area contributed by atoms with Crippen molar-refractivity contribution in [3.63, 3.8) is 0 Å². The number of ether oxygens (including phenoxy) is 1. The van der Waals surface area contributed by atoms with Gasteiger partial charge in [-0.15, -0.1) is 16.7 Å². The van der Waals surface area contributed by atoms with Gasteiger partial charge in [0.05, 0.1) is 5.56 Å². The molecule has 8 heteroatoms.